The maximum atomic E-state index is 12.5. The number of hydrogen-bond donors (Lipinski definition) is 0. The van der Waals surface area contributed by atoms with Gasteiger partial charge in [0.1, 0.15) is 0 Å². The Morgan fingerprint density at radius 3 is 2.45 bits per heavy atom. The number of carbonyl (C=O) groups is 1. The second kappa shape index (κ2) is 7.28. The highest BCUT2D eigenvalue weighted by Gasteiger charge is 2.19. The van der Waals surface area contributed by atoms with Crippen LogP contribution in [0.5, 0.6) is 0 Å². The molecule has 0 radical (unpaired) electrons. The van der Waals surface area contributed by atoms with Crippen molar-refractivity contribution in [3.63, 3.8) is 0 Å². The molecule has 1 aromatic carbocycles. The van der Waals surface area contributed by atoms with Gasteiger partial charge in [0.05, 0.1) is 0 Å². The van der Waals surface area contributed by atoms with Crippen molar-refractivity contribution in [2.45, 2.75) is 45.6 Å². The van der Waals surface area contributed by atoms with E-state index in [1.54, 1.807) is 0 Å². The third-order valence-corrected chi connectivity index (χ3v) is 4.99. The largest absolute Gasteiger partial charge is 0.339 e. The van der Waals surface area contributed by atoms with Crippen LogP contribution in [0.4, 0.5) is 0 Å². The van der Waals surface area contributed by atoms with Gasteiger partial charge in [-0.25, -0.2) is 0 Å². The third-order valence-electron chi connectivity index (χ3n) is 4.99. The van der Waals surface area contributed by atoms with Crippen molar-refractivity contribution in [1.82, 2.24) is 9.80 Å². The summed E-state index contributed by atoms with van der Waals surface area (Å²) in [6.07, 6.45) is 6.23. The summed E-state index contributed by atoms with van der Waals surface area (Å²) in [4.78, 5) is 17.0. The van der Waals surface area contributed by atoms with Gasteiger partial charge in [0.25, 0.3) is 5.91 Å². The molecule has 3 rings (SSSR count). The molecule has 2 aliphatic rings. The first-order valence-electron chi connectivity index (χ1n) is 8.83. The van der Waals surface area contributed by atoms with Crippen molar-refractivity contribution in [3.8, 4) is 0 Å². The second-order valence-corrected chi connectivity index (χ2v) is 7.03. The van der Waals surface area contributed by atoms with Crippen LogP contribution in [0.2, 0.25) is 0 Å². The number of piperidine rings is 2. The van der Waals surface area contributed by atoms with Crippen LogP contribution in [0.25, 0.3) is 0 Å². The van der Waals surface area contributed by atoms with Crippen LogP contribution in [0.15, 0.2) is 24.3 Å². The minimum Gasteiger partial charge on any atom is -0.339 e. The Balaban J connectivity index is 1.58. The predicted molar refractivity (Wildman–Crippen MR) is 89.9 cm³/mol. The van der Waals surface area contributed by atoms with Gasteiger partial charge in [-0.05, 0) is 62.3 Å². The molecule has 2 aliphatic heterocycles. The van der Waals surface area contributed by atoms with Crippen molar-refractivity contribution < 1.29 is 4.79 Å². The lowest BCUT2D eigenvalue weighted by Gasteiger charge is -2.31. The van der Waals surface area contributed by atoms with Crippen molar-refractivity contribution >= 4 is 5.91 Å². The lowest BCUT2D eigenvalue weighted by Crippen LogP contribution is -2.35. The molecular weight excluding hydrogens is 272 g/mol. The molecule has 0 saturated carbocycles. The highest BCUT2D eigenvalue weighted by atomic mass is 16.2. The van der Waals surface area contributed by atoms with Crippen LogP contribution in [0.3, 0.4) is 0 Å². The molecule has 0 aliphatic carbocycles. The Labute approximate surface area is 134 Å². The topological polar surface area (TPSA) is 23.6 Å². The van der Waals surface area contributed by atoms with Crippen molar-refractivity contribution in [2.75, 3.05) is 26.2 Å². The number of likely N-dealkylation sites (tertiary alicyclic amines) is 2. The summed E-state index contributed by atoms with van der Waals surface area (Å²) in [5, 5.41) is 0. The SMILES string of the molecule is C[C@H]1CCCN(Cc2ccc(C(=O)N3CCCCC3)cc2)C1. The number of rotatable bonds is 3. The van der Waals surface area contributed by atoms with E-state index in [1.165, 1.54) is 37.9 Å². The van der Waals surface area contributed by atoms with Crippen molar-refractivity contribution in [3.05, 3.63) is 35.4 Å². The molecule has 2 saturated heterocycles. The van der Waals surface area contributed by atoms with Gasteiger partial charge in [0, 0.05) is 31.7 Å². The summed E-state index contributed by atoms with van der Waals surface area (Å²) in [5.74, 6) is 1.02. The molecule has 1 atom stereocenters. The molecule has 0 bridgehead atoms. The van der Waals surface area contributed by atoms with E-state index in [4.69, 9.17) is 0 Å². The van der Waals surface area contributed by atoms with Gasteiger partial charge < -0.3 is 4.90 Å². The highest BCUT2D eigenvalue weighted by Crippen LogP contribution is 2.19. The van der Waals surface area contributed by atoms with Gasteiger partial charge in [-0.3, -0.25) is 9.69 Å². The average molecular weight is 300 g/mol. The highest BCUT2D eigenvalue weighted by molar-refractivity contribution is 5.94. The Bertz CT molecular complexity index is 491. The van der Waals surface area contributed by atoms with E-state index in [-0.39, 0.29) is 5.91 Å². The third kappa shape index (κ3) is 3.89. The zero-order valence-electron chi connectivity index (χ0n) is 13.8. The lowest BCUT2D eigenvalue weighted by molar-refractivity contribution is 0.0724. The fraction of sp³-hybridized carbons (Fsp3) is 0.632. The van der Waals surface area contributed by atoms with E-state index in [9.17, 15) is 4.79 Å². The molecule has 1 amide bonds. The Morgan fingerprint density at radius 2 is 1.77 bits per heavy atom. The van der Waals surface area contributed by atoms with Gasteiger partial charge in [-0.1, -0.05) is 19.1 Å². The van der Waals surface area contributed by atoms with E-state index in [0.29, 0.717) is 0 Å². The maximum absolute atomic E-state index is 12.5. The van der Waals surface area contributed by atoms with Crippen molar-refractivity contribution in [2.24, 2.45) is 5.92 Å². The van der Waals surface area contributed by atoms with E-state index < -0.39 is 0 Å². The first-order valence-corrected chi connectivity index (χ1v) is 8.83. The quantitative estimate of drug-likeness (QED) is 0.852. The fourth-order valence-electron chi connectivity index (χ4n) is 3.72. The molecule has 22 heavy (non-hydrogen) atoms. The van der Waals surface area contributed by atoms with Gasteiger partial charge in [0.15, 0.2) is 0 Å². The van der Waals surface area contributed by atoms with Gasteiger partial charge in [-0.15, -0.1) is 0 Å². The fourth-order valence-corrected chi connectivity index (χ4v) is 3.72. The van der Waals surface area contributed by atoms with E-state index in [2.05, 4.69) is 24.0 Å². The Hall–Kier alpha value is -1.35. The van der Waals surface area contributed by atoms with Gasteiger partial charge in [0.2, 0.25) is 0 Å². The smallest absolute Gasteiger partial charge is 0.253 e. The molecular formula is C19H28N2O. The van der Waals surface area contributed by atoms with Crippen LogP contribution in [-0.2, 0) is 6.54 Å². The minimum absolute atomic E-state index is 0.206. The minimum atomic E-state index is 0.206. The van der Waals surface area contributed by atoms with Gasteiger partial charge >= 0.3 is 0 Å². The number of nitrogens with zero attached hydrogens (tertiary/aromatic N) is 2. The zero-order valence-corrected chi connectivity index (χ0v) is 13.8. The molecule has 1 aromatic rings. The Kier molecular flexibility index (Phi) is 5.14. The lowest BCUT2D eigenvalue weighted by atomic mass is 9.99. The molecule has 0 spiro atoms. The van der Waals surface area contributed by atoms with Crippen LogP contribution in [-0.4, -0.2) is 41.9 Å². The molecule has 3 heteroatoms. The van der Waals surface area contributed by atoms with Crippen LogP contribution in [0, 0.1) is 5.92 Å². The van der Waals surface area contributed by atoms with Crippen molar-refractivity contribution in [1.29, 1.82) is 0 Å². The summed E-state index contributed by atoms with van der Waals surface area (Å²) < 4.78 is 0. The maximum Gasteiger partial charge on any atom is 0.253 e. The van der Waals surface area contributed by atoms with Crippen LogP contribution >= 0.6 is 0 Å². The molecule has 120 valence electrons. The van der Waals surface area contributed by atoms with E-state index >= 15 is 0 Å². The first kappa shape index (κ1) is 15.5. The summed E-state index contributed by atoms with van der Waals surface area (Å²) in [6.45, 7) is 7.61. The average Bonchev–Trinajstić information content (AvgIpc) is 2.56. The molecule has 2 fully saturated rings. The second-order valence-electron chi connectivity index (χ2n) is 7.03. The molecule has 0 N–H and O–H groups in total. The monoisotopic (exact) mass is 300 g/mol. The van der Waals surface area contributed by atoms with Crippen LogP contribution in [0.1, 0.15) is 54.9 Å². The molecule has 0 aromatic heterocycles. The number of amides is 1. The van der Waals surface area contributed by atoms with Gasteiger partial charge in [-0.2, -0.15) is 0 Å². The molecule has 3 nitrogen and oxygen atoms in total. The number of hydrogen-bond acceptors (Lipinski definition) is 2. The standard InChI is InChI=1S/C19H28N2O/c1-16-6-5-11-20(14-16)15-17-7-9-18(10-8-17)19(22)21-12-3-2-4-13-21/h7-10,16H,2-6,11-15H2,1H3/t16-/m0/s1. The Morgan fingerprint density at radius 1 is 1.05 bits per heavy atom. The summed E-state index contributed by atoms with van der Waals surface area (Å²) in [6, 6.07) is 8.30. The number of carbonyl (C=O) groups excluding carboxylic acids is 1. The summed E-state index contributed by atoms with van der Waals surface area (Å²) in [7, 11) is 0. The van der Waals surface area contributed by atoms with Crippen LogP contribution < -0.4 is 0 Å². The van der Waals surface area contributed by atoms with E-state index in [0.717, 1.165) is 44.0 Å². The summed E-state index contributed by atoms with van der Waals surface area (Å²) >= 11 is 0. The summed E-state index contributed by atoms with van der Waals surface area (Å²) in [5.41, 5.74) is 2.17. The van der Waals surface area contributed by atoms with E-state index in [1.807, 2.05) is 17.0 Å². The normalized spacial score (nSPS) is 23.5. The molecule has 0 unspecified atom stereocenters. The predicted octanol–water partition coefficient (Wildman–Crippen LogP) is 3.54. The zero-order chi connectivity index (χ0) is 15.4. The molecule has 2 heterocycles. The first-order chi connectivity index (χ1) is 10.7. The number of benzene rings is 1.